The van der Waals surface area contributed by atoms with E-state index in [2.05, 4.69) is 0 Å². The SMILES string of the molecule is COCCN(CCO)S(=O)(=O)c1ccsc1C(=O)O. The minimum Gasteiger partial charge on any atom is -0.477 e. The van der Waals surface area contributed by atoms with Gasteiger partial charge < -0.3 is 14.9 Å². The van der Waals surface area contributed by atoms with Crippen molar-refractivity contribution in [3.63, 3.8) is 0 Å². The summed E-state index contributed by atoms with van der Waals surface area (Å²) >= 11 is 0.845. The summed E-state index contributed by atoms with van der Waals surface area (Å²) < 4.78 is 30.4. The van der Waals surface area contributed by atoms with Crippen molar-refractivity contribution in [2.24, 2.45) is 0 Å². The molecule has 0 aliphatic rings. The number of carbonyl (C=O) groups is 1. The summed E-state index contributed by atoms with van der Waals surface area (Å²) in [5, 5.41) is 19.3. The van der Waals surface area contributed by atoms with Gasteiger partial charge in [-0.2, -0.15) is 4.31 Å². The Labute approximate surface area is 115 Å². The number of aromatic carboxylic acids is 1. The van der Waals surface area contributed by atoms with Crippen LogP contribution in [0.5, 0.6) is 0 Å². The average Bonchev–Trinajstić information content (AvgIpc) is 2.84. The molecule has 0 aliphatic carbocycles. The third-order valence-electron chi connectivity index (χ3n) is 2.34. The monoisotopic (exact) mass is 309 g/mol. The number of ether oxygens (including phenoxy) is 1. The number of thiophene rings is 1. The maximum Gasteiger partial charge on any atom is 0.347 e. The van der Waals surface area contributed by atoms with Crippen LogP contribution in [-0.2, 0) is 14.8 Å². The van der Waals surface area contributed by atoms with Crippen LogP contribution in [0.3, 0.4) is 0 Å². The zero-order valence-corrected chi connectivity index (χ0v) is 11.9. The van der Waals surface area contributed by atoms with Crippen molar-refractivity contribution in [2.45, 2.75) is 4.90 Å². The molecule has 7 nitrogen and oxygen atoms in total. The zero-order chi connectivity index (χ0) is 14.5. The van der Waals surface area contributed by atoms with Crippen LogP contribution >= 0.6 is 11.3 Å². The molecule has 0 bridgehead atoms. The lowest BCUT2D eigenvalue weighted by molar-refractivity contribution is 0.0698. The molecule has 0 spiro atoms. The molecular formula is C10H15NO6S2. The number of carboxylic acids is 1. The topological polar surface area (TPSA) is 104 Å². The Morgan fingerprint density at radius 2 is 2.16 bits per heavy atom. The second-order valence-corrected chi connectivity index (χ2v) is 6.36. The van der Waals surface area contributed by atoms with Crippen LogP contribution in [0.25, 0.3) is 0 Å². The highest BCUT2D eigenvalue weighted by Crippen LogP contribution is 2.25. The normalized spacial score (nSPS) is 11.9. The lowest BCUT2D eigenvalue weighted by atomic mass is 10.5. The third-order valence-corrected chi connectivity index (χ3v) is 5.31. The Morgan fingerprint density at radius 3 is 2.68 bits per heavy atom. The fraction of sp³-hybridized carbons (Fsp3) is 0.500. The molecule has 0 unspecified atom stereocenters. The first-order valence-corrected chi connectivity index (χ1v) is 7.67. The van der Waals surface area contributed by atoms with E-state index in [4.69, 9.17) is 14.9 Å². The molecular weight excluding hydrogens is 294 g/mol. The largest absolute Gasteiger partial charge is 0.477 e. The molecule has 0 aliphatic heterocycles. The second kappa shape index (κ2) is 6.96. The van der Waals surface area contributed by atoms with Crippen LogP contribution in [-0.4, -0.2) is 62.3 Å². The van der Waals surface area contributed by atoms with Crippen molar-refractivity contribution in [1.82, 2.24) is 4.31 Å². The minimum atomic E-state index is -3.94. The molecule has 0 fully saturated rings. The van der Waals surface area contributed by atoms with Gasteiger partial charge in [0.05, 0.1) is 13.2 Å². The van der Waals surface area contributed by atoms with Gasteiger partial charge in [-0.15, -0.1) is 11.3 Å². The lowest BCUT2D eigenvalue weighted by Crippen LogP contribution is -2.36. The number of hydrogen-bond acceptors (Lipinski definition) is 6. The van der Waals surface area contributed by atoms with E-state index >= 15 is 0 Å². The highest BCUT2D eigenvalue weighted by atomic mass is 32.2. The van der Waals surface area contributed by atoms with Crippen LogP contribution in [0.4, 0.5) is 0 Å². The number of carboxylic acid groups (broad SMARTS) is 1. The van der Waals surface area contributed by atoms with E-state index < -0.39 is 16.0 Å². The number of methoxy groups -OCH3 is 1. The summed E-state index contributed by atoms with van der Waals surface area (Å²) in [6, 6.07) is 1.25. The van der Waals surface area contributed by atoms with Crippen molar-refractivity contribution in [3.8, 4) is 0 Å². The summed E-state index contributed by atoms with van der Waals surface area (Å²) in [5.41, 5.74) is 0. The molecule has 1 heterocycles. The van der Waals surface area contributed by atoms with Gasteiger partial charge in [0.15, 0.2) is 0 Å². The smallest absolute Gasteiger partial charge is 0.347 e. The Bertz CT molecular complexity index is 524. The Balaban J connectivity index is 3.11. The first-order chi connectivity index (χ1) is 8.95. The molecule has 0 amide bonds. The predicted molar refractivity (Wildman–Crippen MR) is 69.0 cm³/mol. The van der Waals surface area contributed by atoms with Gasteiger partial charge in [0, 0.05) is 20.2 Å². The fourth-order valence-electron chi connectivity index (χ4n) is 1.45. The molecule has 19 heavy (non-hydrogen) atoms. The van der Waals surface area contributed by atoms with Crippen LogP contribution in [0.15, 0.2) is 16.3 Å². The summed E-state index contributed by atoms with van der Waals surface area (Å²) in [6.07, 6.45) is 0. The van der Waals surface area contributed by atoms with Crippen LogP contribution in [0.1, 0.15) is 9.67 Å². The summed E-state index contributed by atoms with van der Waals surface area (Å²) in [7, 11) is -2.52. The number of hydrogen-bond donors (Lipinski definition) is 2. The van der Waals surface area contributed by atoms with Crippen molar-refractivity contribution in [1.29, 1.82) is 0 Å². The fourth-order valence-corrected chi connectivity index (χ4v) is 4.10. The van der Waals surface area contributed by atoms with E-state index in [1.807, 2.05) is 0 Å². The first-order valence-electron chi connectivity index (χ1n) is 5.36. The maximum atomic E-state index is 12.3. The number of rotatable bonds is 8. The van der Waals surface area contributed by atoms with Gasteiger partial charge in [-0.25, -0.2) is 13.2 Å². The maximum absolute atomic E-state index is 12.3. The molecule has 0 saturated heterocycles. The van der Waals surface area contributed by atoms with Crippen LogP contribution in [0, 0.1) is 0 Å². The molecule has 1 aromatic heterocycles. The molecule has 108 valence electrons. The number of nitrogens with zero attached hydrogens (tertiary/aromatic N) is 1. The van der Waals surface area contributed by atoms with Crippen molar-refractivity contribution >= 4 is 27.3 Å². The first kappa shape index (κ1) is 16.1. The molecule has 2 N–H and O–H groups in total. The van der Waals surface area contributed by atoms with E-state index in [9.17, 15) is 13.2 Å². The molecule has 9 heteroatoms. The van der Waals surface area contributed by atoms with Crippen LogP contribution < -0.4 is 0 Å². The summed E-state index contributed by atoms with van der Waals surface area (Å²) in [5.74, 6) is -1.29. The van der Waals surface area contributed by atoms with E-state index in [1.165, 1.54) is 18.6 Å². The van der Waals surface area contributed by atoms with Crippen molar-refractivity contribution in [3.05, 3.63) is 16.3 Å². The highest BCUT2D eigenvalue weighted by molar-refractivity contribution is 7.89. The van der Waals surface area contributed by atoms with Gasteiger partial charge in [-0.1, -0.05) is 0 Å². The summed E-state index contributed by atoms with van der Waals surface area (Å²) in [4.78, 5) is 10.5. The number of sulfonamides is 1. The number of aliphatic hydroxyl groups excluding tert-OH is 1. The highest BCUT2D eigenvalue weighted by Gasteiger charge is 2.29. The van der Waals surface area contributed by atoms with Gasteiger partial charge in [0.25, 0.3) is 0 Å². The van der Waals surface area contributed by atoms with Gasteiger partial charge in [0.1, 0.15) is 9.77 Å². The molecule has 0 atom stereocenters. The van der Waals surface area contributed by atoms with E-state index in [-0.39, 0.29) is 36.1 Å². The van der Waals surface area contributed by atoms with E-state index in [0.717, 1.165) is 15.6 Å². The Kier molecular flexibility index (Phi) is 5.88. The molecule has 0 aromatic carbocycles. The quantitative estimate of drug-likeness (QED) is 0.704. The van der Waals surface area contributed by atoms with Crippen LogP contribution in [0.2, 0.25) is 0 Å². The molecule has 1 rings (SSSR count). The predicted octanol–water partition coefficient (Wildman–Crippen LogP) is 0.0757. The van der Waals surface area contributed by atoms with Gasteiger partial charge in [-0.05, 0) is 11.4 Å². The third kappa shape index (κ3) is 3.74. The Morgan fingerprint density at radius 1 is 1.47 bits per heavy atom. The molecule has 0 saturated carbocycles. The van der Waals surface area contributed by atoms with Crippen molar-refractivity contribution < 1.29 is 28.2 Å². The van der Waals surface area contributed by atoms with Gasteiger partial charge in [-0.3, -0.25) is 0 Å². The van der Waals surface area contributed by atoms with Crippen molar-refractivity contribution in [2.75, 3.05) is 33.4 Å². The average molecular weight is 309 g/mol. The standard InChI is InChI=1S/C10H15NO6S2/c1-17-6-4-11(3-5-12)19(15,16)8-2-7-18-9(8)10(13)14/h2,7,12H,3-6H2,1H3,(H,13,14). The Hall–Kier alpha value is -1.00. The lowest BCUT2D eigenvalue weighted by Gasteiger charge is -2.20. The zero-order valence-electron chi connectivity index (χ0n) is 10.3. The summed E-state index contributed by atoms with van der Waals surface area (Å²) in [6.45, 7) is -0.254. The molecule has 1 aromatic rings. The molecule has 0 radical (unpaired) electrons. The minimum absolute atomic E-state index is 0.0499. The van der Waals surface area contributed by atoms with Gasteiger partial charge in [0.2, 0.25) is 10.0 Å². The van der Waals surface area contributed by atoms with E-state index in [0.29, 0.717) is 0 Å². The van der Waals surface area contributed by atoms with Gasteiger partial charge >= 0.3 is 5.97 Å². The van der Waals surface area contributed by atoms with E-state index in [1.54, 1.807) is 0 Å². The number of aliphatic hydroxyl groups is 1. The second-order valence-electron chi connectivity index (χ2n) is 3.54.